The lowest BCUT2D eigenvalue weighted by Gasteiger charge is -2.33. The molecule has 2 aromatic rings. The first-order chi connectivity index (χ1) is 9.69. The Morgan fingerprint density at radius 1 is 1.30 bits per heavy atom. The molecule has 2 unspecified atom stereocenters. The van der Waals surface area contributed by atoms with E-state index in [9.17, 15) is 0 Å². The lowest BCUT2D eigenvalue weighted by molar-refractivity contribution is 0.434. The van der Waals surface area contributed by atoms with Crippen LogP contribution in [0, 0.1) is 6.92 Å². The Labute approximate surface area is 128 Å². The second-order valence-electron chi connectivity index (χ2n) is 5.56. The third-order valence-corrected chi connectivity index (χ3v) is 4.78. The summed E-state index contributed by atoms with van der Waals surface area (Å²) in [5, 5.41) is 0. The topological polar surface area (TPSA) is 38.0 Å². The van der Waals surface area contributed by atoms with E-state index >= 15 is 0 Å². The molecule has 3 N–H and O–H groups in total. The summed E-state index contributed by atoms with van der Waals surface area (Å²) in [4.78, 5) is 0. The number of nitrogens with one attached hydrogen (secondary N) is 1. The van der Waals surface area contributed by atoms with E-state index in [-0.39, 0.29) is 6.04 Å². The maximum absolute atomic E-state index is 5.80. The third-order valence-electron chi connectivity index (χ3n) is 4.29. The highest BCUT2D eigenvalue weighted by molar-refractivity contribution is 9.10. The Morgan fingerprint density at radius 3 is 2.80 bits per heavy atom. The molecule has 0 aliphatic heterocycles. The Bertz CT molecular complexity index is 624. The van der Waals surface area contributed by atoms with Gasteiger partial charge in [-0.1, -0.05) is 46.3 Å². The second-order valence-corrected chi connectivity index (χ2v) is 6.47. The average molecular weight is 331 g/mol. The van der Waals surface area contributed by atoms with E-state index in [0.29, 0.717) is 5.92 Å². The predicted molar refractivity (Wildman–Crippen MR) is 86.4 cm³/mol. The predicted octanol–water partition coefficient (Wildman–Crippen LogP) is 3.99. The number of hydrazine groups is 1. The first-order valence-corrected chi connectivity index (χ1v) is 7.78. The highest BCUT2D eigenvalue weighted by Gasteiger charge is 2.28. The zero-order chi connectivity index (χ0) is 14.1. The van der Waals surface area contributed by atoms with Crippen LogP contribution in [0.5, 0.6) is 0 Å². The van der Waals surface area contributed by atoms with Crippen LogP contribution in [0.25, 0.3) is 0 Å². The lowest BCUT2D eigenvalue weighted by Crippen LogP contribution is -2.32. The quantitative estimate of drug-likeness (QED) is 0.657. The minimum Gasteiger partial charge on any atom is -0.271 e. The molecule has 0 bridgehead atoms. The van der Waals surface area contributed by atoms with Crippen LogP contribution in [0.4, 0.5) is 0 Å². The van der Waals surface area contributed by atoms with Gasteiger partial charge in [-0.05, 0) is 60.1 Å². The van der Waals surface area contributed by atoms with Gasteiger partial charge in [-0.25, -0.2) is 0 Å². The molecule has 3 heteroatoms. The van der Waals surface area contributed by atoms with Gasteiger partial charge in [0, 0.05) is 10.5 Å². The molecular weight excluding hydrogens is 312 g/mol. The smallest absolute Gasteiger partial charge is 0.0468 e. The monoisotopic (exact) mass is 330 g/mol. The van der Waals surface area contributed by atoms with Gasteiger partial charge in [-0.2, -0.15) is 0 Å². The zero-order valence-electron chi connectivity index (χ0n) is 11.6. The molecule has 2 nitrogen and oxygen atoms in total. The van der Waals surface area contributed by atoms with E-state index in [4.69, 9.17) is 5.84 Å². The van der Waals surface area contributed by atoms with Gasteiger partial charge in [0.1, 0.15) is 0 Å². The molecule has 0 heterocycles. The standard InChI is InChI=1S/C17H19BrN2/c1-11-8-14(18)6-7-15(11)17(20-19)10-13-9-12-4-2-3-5-16(12)13/h2-8,13,17,20H,9-10,19H2,1H3. The largest absolute Gasteiger partial charge is 0.271 e. The molecule has 20 heavy (non-hydrogen) atoms. The van der Waals surface area contributed by atoms with Crippen molar-refractivity contribution in [3.05, 3.63) is 69.2 Å². The number of halogens is 1. The Morgan fingerprint density at radius 2 is 2.10 bits per heavy atom. The molecule has 0 spiro atoms. The van der Waals surface area contributed by atoms with Gasteiger partial charge in [0.2, 0.25) is 0 Å². The van der Waals surface area contributed by atoms with Crippen molar-refractivity contribution in [3.63, 3.8) is 0 Å². The summed E-state index contributed by atoms with van der Waals surface area (Å²) < 4.78 is 1.11. The van der Waals surface area contributed by atoms with Crippen molar-refractivity contribution in [2.45, 2.75) is 31.7 Å². The van der Waals surface area contributed by atoms with E-state index < -0.39 is 0 Å². The number of nitrogens with two attached hydrogens (primary N) is 1. The number of fused-ring (bicyclic) bond motifs is 1. The molecule has 0 amide bonds. The summed E-state index contributed by atoms with van der Waals surface area (Å²) in [5.41, 5.74) is 8.53. The third kappa shape index (κ3) is 2.53. The molecule has 0 saturated heterocycles. The number of aryl methyl sites for hydroxylation is 1. The van der Waals surface area contributed by atoms with Crippen LogP contribution in [0.1, 0.15) is 40.6 Å². The molecule has 2 atom stereocenters. The lowest BCUT2D eigenvalue weighted by atomic mass is 9.73. The number of hydrogen-bond acceptors (Lipinski definition) is 2. The maximum atomic E-state index is 5.80. The van der Waals surface area contributed by atoms with Crippen LogP contribution in [-0.4, -0.2) is 0 Å². The van der Waals surface area contributed by atoms with Gasteiger partial charge in [-0.3, -0.25) is 11.3 Å². The molecule has 0 fully saturated rings. The van der Waals surface area contributed by atoms with E-state index in [1.54, 1.807) is 0 Å². The van der Waals surface area contributed by atoms with E-state index in [1.807, 2.05) is 0 Å². The fraction of sp³-hybridized carbons (Fsp3) is 0.294. The average Bonchev–Trinajstić information content (AvgIpc) is 2.41. The highest BCUT2D eigenvalue weighted by Crippen LogP contribution is 2.41. The zero-order valence-corrected chi connectivity index (χ0v) is 13.2. The number of rotatable bonds is 4. The van der Waals surface area contributed by atoms with E-state index in [1.165, 1.54) is 28.7 Å². The van der Waals surface area contributed by atoms with Crippen LogP contribution in [0.2, 0.25) is 0 Å². The minimum absolute atomic E-state index is 0.210. The fourth-order valence-electron chi connectivity index (χ4n) is 3.17. The summed E-state index contributed by atoms with van der Waals surface area (Å²) in [6.45, 7) is 2.14. The van der Waals surface area contributed by atoms with Crippen LogP contribution in [-0.2, 0) is 6.42 Å². The van der Waals surface area contributed by atoms with Crippen molar-refractivity contribution >= 4 is 15.9 Å². The molecule has 2 aromatic carbocycles. The highest BCUT2D eigenvalue weighted by atomic mass is 79.9. The molecule has 0 saturated carbocycles. The van der Waals surface area contributed by atoms with Crippen molar-refractivity contribution in [2.24, 2.45) is 5.84 Å². The second kappa shape index (κ2) is 5.68. The molecular formula is C17H19BrN2. The van der Waals surface area contributed by atoms with E-state index in [0.717, 1.165) is 10.9 Å². The van der Waals surface area contributed by atoms with Crippen LogP contribution in [0.15, 0.2) is 46.9 Å². The summed E-state index contributed by atoms with van der Waals surface area (Å²) in [6.07, 6.45) is 2.22. The van der Waals surface area contributed by atoms with E-state index in [2.05, 4.69) is 70.7 Å². The van der Waals surface area contributed by atoms with Crippen molar-refractivity contribution in [2.75, 3.05) is 0 Å². The maximum Gasteiger partial charge on any atom is 0.0468 e. The SMILES string of the molecule is Cc1cc(Br)ccc1C(CC1Cc2ccccc21)NN. The summed E-state index contributed by atoms with van der Waals surface area (Å²) >= 11 is 3.51. The summed E-state index contributed by atoms with van der Waals surface area (Å²) in [7, 11) is 0. The Hall–Kier alpha value is -1.16. The normalized spacial score (nSPS) is 18.2. The molecule has 3 rings (SSSR count). The molecule has 1 aliphatic carbocycles. The minimum atomic E-state index is 0.210. The van der Waals surface area contributed by atoms with Crippen molar-refractivity contribution < 1.29 is 0 Å². The van der Waals surface area contributed by atoms with Gasteiger partial charge in [0.15, 0.2) is 0 Å². The Balaban J connectivity index is 1.79. The van der Waals surface area contributed by atoms with Crippen molar-refractivity contribution in [3.8, 4) is 0 Å². The number of hydrogen-bond donors (Lipinski definition) is 2. The molecule has 104 valence electrons. The first-order valence-electron chi connectivity index (χ1n) is 6.99. The van der Waals surface area contributed by atoms with Gasteiger partial charge < -0.3 is 0 Å². The van der Waals surface area contributed by atoms with Gasteiger partial charge in [0.25, 0.3) is 0 Å². The van der Waals surface area contributed by atoms with Gasteiger partial charge in [-0.15, -0.1) is 0 Å². The Kier molecular flexibility index (Phi) is 3.92. The summed E-state index contributed by atoms with van der Waals surface area (Å²) in [6, 6.07) is 15.3. The summed E-state index contributed by atoms with van der Waals surface area (Å²) in [5.74, 6) is 6.42. The van der Waals surface area contributed by atoms with Crippen molar-refractivity contribution in [1.29, 1.82) is 0 Å². The van der Waals surface area contributed by atoms with Gasteiger partial charge >= 0.3 is 0 Å². The molecule has 0 aromatic heterocycles. The number of benzene rings is 2. The molecule has 1 aliphatic rings. The fourth-order valence-corrected chi connectivity index (χ4v) is 3.65. The van der Waals surface area contributed by atoms with Crippen LogP contribution in [0.3, 0.4) is 0 Å². The van der Waals surface area contributed by atoms with Crippen molar-refractivity contribution in [1.82, 2.24) is 5.43 Å². The first kappa shape index (κ1) is 13.8. The van der Waals surface area contributed by atoms with Gasteiger partial charge in [0.05, 0.1) is 0 Å². The molecule has 0 radical (unpaired) electrons. The van der Waals surface area contributed by atoms with Crippen LogP contribution >= 0.6 is 15.9 Å². The van der Waals surface area contributed by atoms with Crippen LogP contribution < -0.4 is 11.3 Å².